The maximum Gasteiger partial charge on any atom is 0.411 e. The van der Waals surface area contributed by atoms with Crippen LogP contribution in [-0.2, 0) is 4.74 Å². The zero-order chi connectivity index (χ0) is 18.8. The number of rotatable bonds is 7. The lowest BCUT2D eigenvalue weighted by Crippen LogP contribution is -2.52. The van der Waals surface area contributed by atoms with Gasteiger partial charge in [0.2, 0.25) is 0 Å². The van der Waals surface area contributed by atoms with Gasteiger partial charge in [0.1, 0.15) is 12.4 Å². The highest BCUT2D eigenvalue weighted by Gasteiger charge is 2.27. The fourth-order valence-corrected chi connectivity index (χ4v) is 2.65. The first-order chi connectivity index (χ1) is 12.5. The minimum Gasteiger partial charge on any atom is -0.372 e. The maximum atomic E-state index is 12.0. The number of halogens is 3. The molecule has 1 saturated heterocycles. The Hall–Kier alpha value is -2.03. The molecule has 0 bridgehead atoms. The summed E-state index contributed by atoms with van der Waals surface area (Å²) in [5.41, 5.74) is 0. The van der Waals surface area contributed by atoms with Crippen LogP contribution < -0.4 is 10.2 Å². The lowest BCUT2D eigenvalue weighted by molar-refractivity contribution is -0.173. The van der Waals surface area contributed by atoms with E-state index in [-0.39, 0.29) is 6.61 Å². The highest BCUT2D eigenvalue weighted by atomic mass is 19.4. The predicted octanol–water partition coefficient (Wildman–Crippen LogP) is 2.14. The molecule has 2 heterocycles. The monoisotopic (exact) mass is 373 g/mol. The van der Waals surface area contributed by atoms with E-state index >= 15 is 0 Å². The van der Waals surface area contributed by atoms with E-state index in [9.17, 15) is 13.2 Å². The van der Waals surface area contributed by atoms with E-state index in [4.69, 9.17) is 0 Å². The summed E-state index contributed by atoms with van der Waals surface area (Å²) in [6.07, 6.45) is -2.03. The van der Waals surface area contributed by atoms with E-state index in [1.807, 2.05) is 25.1 Å². The second kappa shape index (κ2) is 10.2. The van der Waals surface area contributed by atoms with Gasteiger partial charge in [0.15, 0.2) is 5.96 Å². The van der Waals surface area contributed by atoms with Crippen LogP contribution >= 0.6 is 0 Å². The van der Waals surface area contributed by atoms with Crippen LogP contribution in [0.4, 0.5) is 19.0 Å². The molecule has 0 radical (unpaired) electrons. The van der Waals surface area contributed by atoms with Crippen LogP contribution in [0.15, 0.2) is 29.4 Å². The lowest BCUT2D eigenvalue weighted by atomic mass is 10.3. The number of anilines is 1. The summed E-state index contributed by atoms with van der Waals surface area (Å²) in [5.74, 6) is 1.76. The number of guanidine groups is 1. The second-order valence-electron chi connectivity index (χ2n) is 5.92. The van der Waals surface area contributed by atoms with Gasteiger partial charge < -0.3 is 19.9 Å². The summed E-state index contributed by atoms with van der Waals surface area (Å²) in [7, 11) is 0. The first-order valence-electron chi connectivity index (χ1n) is 8.83. The molecule has 1 aromatic rings. The molecule has 0 unspecified atom stereocenters. The van der Waals surface area contributed by atoms with Gasteiger partial charge in [0, 0.05) is 52.1 Å². The smallest absolute Gasteiger partial charge is 0.372 e. The molecule has 1 aromatic heterocycles. The van der Waals surface area contributed by atoms with Crippen molar-refractivity contribution in [3.8, 4) is 0 Å². The molecule has 0 atom stereocenters. The topological polar surface area (TPSA) is 53.0 Å². The molecule has 1 fully saturated rings. The van der Waals surface area contributed by atoms with E-state index in [2.05, 4.69) is 29.8 Å². The van der Waals surface area contributed by atoms with Crippen molar-refractivity contribution in [1.82, 2.24) is 15.2 Å². The highest BCUT2D eigenvalue weighted by Crippen LogP contribution is 2.14. The van der Waals surface area contributed by atoms with Gasteiger partial charge in [-0.25, -0.2) is 4.98 Å². The van der Waals surface area contributed by atoms with E-state index < -0.39 is 12.8 Å². The van der Waals surface area contributed by atoms with Crippen molar-refractivity contribution in [2.24, 2.45) is 4.99 Å². The summed E-state index contributed by atoms with van der Waals surface area (Å²) < 4.78 is 40.6. The number of piperazine rings is 1. The van der Waals surface area contributed by atoms with Crippen LogP contribution in [0, 0.1) is 0 Å². The van der Waals surface area contributed by atoms with Gasteiger partial charge in [-0.3, -0.25) is 4.99 Å². The van der Waals surface area contributed by atoms with Crippen LogP contribution in [0.3, 0.4) is 0 Å². The molecule has 6 nitrogen and oxygen atoms in total. The number of ether oxygens (including phenoxy) is 1. The Morgan fingerprint density at radius 2 is 2.04 bits per heavy atom. The average Bonchev–Trinajstić information content (AvgIpc) is 2.64. The summed E-state index contributed by atoms with van der Waals surface area (Å²) in [5, 5.41) is 3.24. The molecule has 146 valence electrons. The third-order valence-electron chi connectivity index (χ3n) is 3.86. The fraction of sp³-hybridized carbons (Fsp3) is 0.647. The van der Waals surface area contributed by atoms with Crippen molar-refractivity contribution in [2.75, 3.05) is 57.4 Å². The average molecular weight is 373 g/mol. The summed E-state index contributed by atoms with van der Waals surface area (Å²) >= 11 is 0. The Morgan fingerprint density at radius 1 is 1.27 bits per heavy atom. The van der Waals surface area contributed by atoms with Crippen molar-refractivity contribution < 1.29 is 17.9 Å². The maximum absolute atomic E-state index is 12.0. The van der Waals surface area contributed by atoms with Crippen LogP contribution in [-0.4, -0.2) is 74.5 Å². The summed E-state index contributed by atoms with van der Waals surface area (Å²) in [6, 6.07) is 5.87. The third-order valence-corrected chi connectivity index (χ3v) is 3.86. The zero-order valence-electron chi connectivity index (χ0n) is 15.0. The molecule has 0 spiro atoms. The first-order valence-corrected chi connectivity index (χ1v) is 8.83. The fourth-order valence-electron chi connectivity index (χ4n) is 2.65. The molecule has 1 aliphatic rings. The van der Waals surface area contributed by atoms with E-state index in [1.54, 1.807) is 6.20 Å². The number of aromatic nitrogens is 1. The minimum absolute atomic E-state index is 0.0515. The Balaban J connectivity index is 1.76. The van der Waals surface area contributed by atoms with E-state index in [0.29, 0.717) is 13.0 Å². The zero-order valence-corrected chi connectivity index (χ0v) is 15.0. The van der Waals surface area contributed by atoms with Crippen LogP contribution in [0.2, 0.25) is 0 Å². The standard InChI is InChI=1S/C17H26F3N5O/c1-2-21-16(23-8-5-13-26-14-17(18,19)20)25-11-9-24(10-12-25)15-6-3-4-7-22-15/h3-4,6-7H,2,5,8-14H2,1H3,(H,21,23). The number of nitrogens with one attached hydrogen (secondary N) is 1. The van der Waals surface area contributed by atoms with Crippen LogP contribution in [0.25, 0.3) is 0 Å². The number of pyridine rings is 1. The van der Waals surface area contributed by atoms with Gasteiger partial charge in [-0.05, 0) is 25.5 Å². The SMILES string of the molecule is CCNC(=NCCCOCC(F)(F)F)N1CCN(c2ccccn2)CC1. The van der Waals surface area contributed by atoms with Gasteiger partial charge in [0.05, 0.1) is 0 Å². The van der Waals surface area contributed by atoms with E-state index in [0.717, 1.165) is 44.5 Å². The molecule has 26 heavy (non-hydrogen) atoms. The Labute approximate surface area is 152 Å². The molecular weight excluding hydrogens is 347 g/mol. The first kappa shape index (κ1) is 20.3. The van der Waals surface area contributed by atoms with Gasteiger partial charge in [0.25, 0.3) is 0 Å². The Morgan fingerprint density at radius 3 is 2.65 bits per heavy atom. The Bertz CT molecular complexity index is 545. The van der Waals surface area contributed by atoms with E-state index in [1.165, 1.54) is 0 Å². The van der Waals surface area contributed by atoms with Crippen molar-refractivity contribution in [3.05, 3.63) is 24.4 Å². The lowest BCUT2D eigenvalue weighted by Gasteiger charge is -2.37. The normalized spacial score (nSPS) is 16.1. The molecule has 0 aliphatic carbocycles. The number of aliphatic imine (C=N–C) groups is 1. The quantitative estimate of drug-likeness (QED) is 0.451. The third kappa shape index (κ3) is 7.07. The number of hydrogen-bond acceptors (Lipinski definition) is 4. The van der Waals surface area contributed by atoms with Gasteiger partial charge in [-0.2, -0.15) is 13.2 Å². The summed E-state index contributed by atoms with van der Waals surface area (Å²) in [6.45, 7) is 5.32. The molecule has 2 rings (SSSR count). The number of alkyl halides is 3. The molecule has 9 heteroatoms. The predicted molar refractivity (Wildman–Crippen MR) is 95.5 cm³/mol. The molecule has 0 amide bonds. The second-order valence-corrected chi connectivity index (χ2v) is 5.92. The molecule has 0 aromatic carbocycles. The van der Waals surface area contributed by atoms with Crippen molar-refractivity contribution >= 4 is 11.8 Å². The van der Waals surface area contributed by atoms with Crippen molar-refractivity contribution in [3.63, 3.8) is 0 Å². The Kier molecular flexibility index (Phi) is 7.96. The summed E-state index contributed by atoms with van der Waals surface area (Å²) in [4.78, 5) is 13.3. The van der Waals surface area contributed by atoms with Crippen LogP contribution in [0.5, 0.6) is 0 Å². The molecule has 1 N–H and O–H groups in total. The molecular formula is C17H26F3N5O. The molecule has 0 saturated carbocycles. The minimum atomic E-state index is -4.27. The highest BCUT2D eigenvalue weighted by molar-refractivity contribution is 5.80. The van der Waals surface area contributed by atoms with Crippen LogP contribution in [0.1, 0.15) is 13.3 Å². The van der Waals surface area contributed by atoms with Crippen molar-refractivity contribution in [1.29, 1.82) is 0 Å². The largest absolute Gasteiger partial charge is 0.411 e. The molecule has 1 aliphatic heterocycles. The number of nitrogens with zero attached hydrogens (tertiary/aromatic N) is 4. The van der Waals surface area contributed by atoms with Gasteiger partial charge in [-0.15, -0.1) is 0 Å². The van der Waals surface area contributed by atoms with Gasteiger partial charge >= 0.3 is 6.18 Å². The van der Waals surface area contributed by atoms with Gasteiger partial charge in [-0.1, -0.05) is 6.07 Å². The van der Waals surface area contributed by atoms with Crippen molar-refractivity contribution in [2.45, 2.75) is 19.5 Å². The number of hydrogen-bond donors (Lipinski definition) is 1.